The predicted molar refractivity (Wildman–Crippen MR) is 83.5 cm³/mol. The van der Waals surface area contributed by atoms with E-state index in [1.165, 1.54) is 0 Å². The van der Waals surface area contributed by atoms with Gasteiger partial charge in [-0.15, -0.1) is 0 Å². The number of rotatable bonds is 5. The van der Waals surface area contributed by atoms with Crippen LogP contribution in [0.5, 0.6) is 0 Å². The maximum atomic E-state index is 12.5. The average Bonchev–Trinajstić information content (AvgIpc) is 2.55. The number of hydrogen-bond donors (Lipinski definition) is 1. The summed E-state index contributed by atoms with van der Waals surface area (Å²) in [4.78, 5) is 16.6. The van der Waals surface area contributed by atoms with Crippen LogP contribution in [0.1, 0.15) is 38.2 Å². The molecule has 2 N–H and O–H groups in total. The van der Waals surface area contributed by atoms with E-state index in [1.807, 2.05) is 6.92 Å². The van der Waals surface area contributed by atoms with Crippen LogP contribution in [0.25, 0.3) is 0 Å². The fourth-order valence-corrected chi connectivity index (χ4v) is 2.54. The van der Waals surface area contributed by atoms with Crippen LogP contribution >= 0.6 is 0 Å². The van der Waals surface area contributed by atoms with Crippen molar-refractivity contribution in [1.29, 1.82) is 5.26 Å². The number of nitrogens with two attached hydrogens (primary N) is 1. The summed E-state index contributed by atoms with van der Waals surface area (Å²) < 4.78 is 10.7. The summed E-state index contributed by atoms with van der Waals surface area (Å²) in [5.74, 6) is -0.637. The topological polar surface area (TPSA) is 98.2 Å². The molecule has 1 aliphatic rings. The maximum absolute atomic E-state index is 12.5. The van der Waals surface area contributed by atoms with Crippen molar-refractivity contribution in [3.05, 3.63) is 52.9 Å². The molecule has 0 radical (unpaired) electrons. The van der Waals surface area contributed by atoms with E-state index in [9.17, 15) is 10.1 Å². The van der Waals surface area contributed by atoms with E-state index in [-0.39, 0.29) is 18.1 Å². The molecule has 0 aliphatic carbocycles. The van der Waals surface area contributed by atoms with Gasteiger partial charge < -0.3 is 15.2 Å². The van der Waals surface area contributed by atoms with Crippen molar-refractivity contribution in [2.45, 2.75) is 32.6 Å². The molecule has 23 heavy (non-hydrogen) atoms. The van der Waals surface area contributed by atoms with Gasteiger partial charge in [0, 0.05) is 18.8 Å². The standard InChI is InChI=1S/C17H19N3O3/c1-3-6-13-15(17(21)22-4-2)14(11-7-5-8-20-10-11)12(9-18)16(19)23-13/h5,7-8,10,14H,3-4,6,19H2,1-2H3/t14-/m1/s1. The van der Waals surface area contributed by atoms with E-state index in [2.05, 4.69) is 11.1 Å². The third-order valence-corrected chi connectivity index (χ3v) is 3.49. The number of esters is 1. The Kier molecular flexibility index (Phi) is 5.36. The largest absolute Gasteiger partial charge is 0.463 e. The van der Waals surface area contributed by atoms with Gasteiger partial charge in [-0.1, -0.05) is 13.0 Å². The van der Waals surface area contributed by atoms with Gasteiger partial charge in [-0.2, -0.15) is 5.26 Å². The minimum Gasteiger partial charge on any atom is -0.463 e. The Bertz CT molecular complexity index is 687. The normalized spacial score (nSPS) is 17.5. The van der Waals surface area contributed by atoms with Crippen molar-refractivity contribution < 1.29 is 14.3 Å². The van der Waals surface area contributed by atoms with E-state index in [0.717, 1.165) is 6.42 Å². The van der Waals surface area contributed by atoms with Gasteiger partial charge in [-0.05, 0) is 25.0 Å². The highest BCUT2D eigenvalue weighted by Gasteiger charge is 2.37. The SMILES string of the molecule is CCCC1=C(C(=O)OCC)[C@H](c2cccnc2)C(C#N)=C(N)O1. The summed E-state index contributed by atoms with van der Waals surface area (Å²) >= 11 is 0. The lowest BCUT2D eigenvalue weighted by atomic mass is 9.83. The van der Waals surface area contributed by atoms with Gasteiger partial charge in [-0.25, -0.2) is 4.79 Å². The molecule has 1 atom stereocenters. The quantitative estimate of drug-likeness (QED) is 0.839. The minimum absolute atomic E-state index is 0.0258. The number of nitriles is 1. The fraction of sp³-hybridized carbons (Fsp3) is 0.353. The van der Waals surface area contributed by atoms with Crippen molar-refractivity contribution in [3.63, 3.8) is 0 Å². The number of carbonyl (C=O) groups is 1. The van der Waals surface area contributed by atoms with E-state index >= 15 is 0 Å². The molecule has 0 bridgehead atoms. The Balaban J connectivity index is 2.62. The third kappa shape index (κ3) is 3.34. The predicted octanol–water partition coefficient (Wildman–Crippen LogP) is 2.51. The molecule has 1 aliphatic heterocycles. The van der Waals surface area contributed by atoms with Crippen molar-refractivity contribution in [2.24, 2.45) is 5.73 Å². The Morgan fingerprint density at radius 1 is 1.52 bits per heavy atom. The van der Waals surface area contributed by atoms with Gasteiger partial charge in [0.05, 0.1) is 18.1 Å². The number of pyridine rings is 1. The zero-order chi connectivity index (χ0) is 16.8. The fourth-order valence-electron chi connectivity index (χ4n) is 2.54. The molecule has 0 spiro atoms. The second kappa shape index (κ2) is 7.45. The monoisotopic (exact) mass is 313 g/mol. The summed E-state index contributed by atoms with van der Waals surface area (Å²) in [6, 6.07) is 5.60. The van der Waals surface area contributed by atoms with Gasteiger partial charge in [0.2, 0.25) is 5.88 Å². The zero-order valence-electron chi connectivity index (χ0n) is 13.2. The van der Waals surface area contributed by atoms with Crippen LogP contribution in [0.4, 0.5) is 0 Å². The lowest BCUT2D eigenvalue weighted by Crippen LogP contribution is -2.26. The van der Waals surface area contributed by atoms with Crippen molar-refractivity contribution in [3.8, 4) is 6.07 Å². The summed E-state index contributed by atoms with van der Waals surface area (Å²) in [6.45, 7) is 3.94. The van der Waals surface area contributed by atoms with Gasteiger partial charge in [0.1, 0.15) is 17.4 Å². The molecule has 0 unspecified atom stereocenters. The molecular weight excluding hydrogens is 294 g/mol. The molecule has 0 saturated heterocycles. The number of carbonyl (C=O) groups excluding carboxylic acids is 1. The molecule has 0 aromatic carbocycles. The molecule has 0 amide bonds. The highest BCUT2D eigenvalue weighted by molar-refractivity contribution is 5.92. The van der Waals surface area contributed by atoms with Crippen LogP contribution in [0.15, 0.2) is 47.3 Å². The second-order valence-corrected chi connectivity index (χ2v) is 5.02. The summed E-state index contributed by atoms with van der Waals surface area (Å²) in [5.41, 5.74) is 7.12. The van der Waals surface area contributed by atoms with Crippen molar-refractivity contribution in [1.82, 2.24) is 4.98 Å². The molecule has 0 saturated carbocycles. The average molecular weight is 313 g/mol. The van der Waals surface area contributed by atoms with Crippen LogP contribution in [-0.4, -0.2) is 17.6 Å². The number of aromatic nitrogens is 1. The van der Waals surface area contributed by atoms with Crippen LogP contribution < -0.4 is 5.73 Å². The van der Waals surface area contributed by atoms with Gasteiger partial charge in [0.15, 0.2) is 0 Å². The molecule has 0 fully saturated rings. The molecule has 2 rings (SSSR count). The Morgan fingerprint density at radius 2 is 2.30 bits per heavy atom. The highest BCUT2D eigenvalue weighted by Crippen LogP contribution is 2.40. The first-order valence-corrected chi connectivity index (χ1v) is 7.51. The zero-order valence-corrected chi connectivity index (χ0v) is 13.2. The summed E-state index contributed by atoms with van der Waals surface area (Å²) in [7, 11) is 0. The lowest BCUT2D eigenvalue weighted by molar-refractivity contribution is -0.139. The smallest absolute Gasteiger partial charge is 0.338 e. The lowest BCUT2D eigenvalue weighted by Gasteiger charge is -2.27. The van der Waals surface area contributed by atoms with Gasteiger partial charge in [0.25, 0.3) is 0 Å². The van der Waals surface area contributed by atoms with Crippen LogP contribution in [0.2, 0.25) is 0 Å². The first-order chi connectivity index (χ1) is 11.1. The second-order valence-electron chi connectivity index (χ2n) is 5.02. The van der Waals surface area contributed by atoms with E-state index in [4.69, 9.17) is 15.2 Å². The number of hydrogen-bond acceptors (Lipinski definition) is 6. The summed E-state index contributed by atoms with van der Waals surface area (Å²) in [5, 5.41) is 9.48. The van der Waals surface area contributed by atoms with Crippen LogP contribution in [0, 0.1) is 11.3 Å². The Hall–Kier alpha value is -2.81. The number of allylic oxidation sites excluding steroid dienone is 2. The molecular formula is C17H19N3O3. The van der Waals surface area contributed by atoms with Crippen LogP contribution in [-0.2, 0) is 14.3 Å². The molecule has 1 aromatic rings. The van der Waals surface area contributed by atoms with Crippen molar-refractivity contribution in [2.75, 3.05) is 6.61 Å². The summed E-state index contributed by atoms with van der Waals surface area (Å²) in [6.07, 6.45) is 4.55. The van der Waals surface area contributed by atoms with E-state index < -0.39 is 11.9 Å². The van der Waals surface area contributed by atoms with E-state index in [1.54, 1.807) is 31.5 Å². The molecule has 2 heterocycles. The molecule has 120 valence electrons. The number of ether oxygens (including phenoxy) is 2. The molecule has 6 nitrogen and oxygen atoms in total. The van der Waals surface area contributed by atoms with E-state index in [0.29, 0.717) is 23.3 Å². The Labute approximate surface area is 135 Å². The molecule has 1 aromatic heterocycles. The number of nitrogens with zero attached hydrogens (tertiary/aromatic N) is 2. The van der Waals surface area contributed by atoms with Crippen molar-refractivity contribution >= 4 is 5.97 Å². The minimum atomic E-state index is -0.622. The third-order valence-electron chi connectivity index (χ3n) is 3.49. The first kappa shape index (κ1) is 16.6. The maximum Gasteiger partial charge on any atom is 0.338 e. The van der Waals surface area contributed by atoms with Crippen LogP contribution in [0.3, 0.4) is 0 Å². The van der Waals surface area contributed by atoms with Gasteiger partial charge >= 0.3 is 5.97 Å². The first-order valence-electron chi connectivity index (χ1n) is 7.51. The Morgan fingerprint density at radius 3 is 2.87 bits per heavy atom. The van der Waals surface area contributed by atoms with Gasteiger partial charge in [-0.3, -0.25) is 4.98 Å². The highest BCUT2D eigenvalue weighted by atomic mass is 16.5. The molecule has 6 heteroatoms.